The molecule has 166 valence electrons. The molecule has 2 aliphatic carbocycles. The van der Waals surface area contributed by atoms with Gasteiger partial charge in [-0.05, 0) is 54.9 Å². The Labute approximate surface area is 191 Å². The summed E-state index contributed by atoms with van der Waals surface area (Å²) in [6, 6.07) is 13.4. The summed E-state index contributed by atoms with van der Waals surface area (Å²) in [5.74, 6) is -0.373. The van der Waals surface area contributed by atoms with Gasteiger partial charge >= 0.3 is 0 Å². The van der Waals surface area contributed by atoms with Crippen LogP contribution in [0.25, 0.3) is 0 Å². The molecule has 2 bridgehead atoms. The fraction of sp³-hybridized carbons (Fsp3) is 0.400. The SMILES string of the molecule is COc1ccc(Cl)cc1NC(=O)[C@H](Cc1ccccc1)N1C(=O)[C@H]2[C@@H]3CC[C@@H](C3)[C@@H]2C1=O. The second-order valence-electron chi connectivity index (χ2n) is 8.97. The third-order valence-electron chi connectivity index (χ3n) is 7.27. The molecule has 6 nitrogen and oxygen atoms in total. The first-order chi connectivity index (χ1) is 15.5. The van der Waals surface area contributed by atoms with E-state index in [1.807, 2.05) is 30.3 Å². The summed E-state index contributed by atoms with van der Waals surface area (Å²) < 4.78 is 5.34. The highest BCUT2D eigenvalue weighted by atomic mass is 35.5. The first-order valence-corrected chi connectivity index (χ1v) is 11.4. The minimum absolute atomic E-state index is 0.193. The van der Waals surface area contributed by atoms with Crippen molar-refractivity contribution in [1.82, 2.24) is 4.90 Å². The molecule has 5 rings (SSSR count). The van der Waals surface area contributed by atoms with Crippen LogP contribution in [-0.4, -0.2) is 35.8 Å². The lowest BCUT2D eigenvalue weighted by Gasteiger charge is -2.27. The molecule has 7 heteroatoms. The van der Waals surface area contributed by atoms with Gasteiger partial charge in [0.05, 0.1) is 24.6 Å². The first-order valence-electron chi connectivity index (χ1n) is 11.0. The largest absolute Gasteiger partial charge is 0.495 e. The van der Waals surface area contributed by atoms with Crippen molar-refractivity contribution in [1.29, 1.82) is 0 Å². The molecule has 2 aromatic rings. The van der Waals surface area contributed by atoms with Crippen LogP contribution < -0.4 is 10.1 Å². The standard InChI is InChI=1S/C25H25ClN2O4/c1-32-20-10-9-17(26)13-18(20)27-23(29)19(11-14-5-3-2-4-6-14)28-24(30)21-15-7-8-16(12-15)22(21)25(28)31/h2-6,9-10,13,15-16,19,21-22H,7-8,11-12H2,1H3,(H,27,29)/t15-,16+,19-,21-,22-/m0/s1. The number of imide groups is 1. The fourth-order valence-corrected chi connectivity index (χ4v) is 6.04. The Bertz CT molecular complexity index is 1040. The van der Waals surface area contributed by atoms with Crippen LogP contribution in [-0.2, 0) is 20.8 Å². The third kappa shape index (κ3) is 3.47. The van der Waals surface area contributed by atoms with E-state index in [9.17, 15) is 14.4 Å². The number of halogens is 1. The number of methoxy groups -OCH3 is 1. The van der Waals surface area contributed by atoms with Crippen molar-refractivity contribution in [3.8, 4) is 5.75 Å². The molecular weight excluding hydrogens is 428 g/mol. The molecule has 1 aliphatic heterocycles. The Morgan fingerprint density at radius 3 is 2.38 bits per heavy atom. The maximum absolute atomic E-state index is 13.5. The number of hydrogen-bond donors (Lipinski definition) is 1. The molecule has 1 saturated heterocycles. The molecule has 5 atom stereocenters. The fourth-order valence-electron chi connectivity index (χ4n) is 5.87. The number of nitrogens with zero attached hydrogens (tertiary/aromatic N) is 1. The van der Waals surface area contributed by atoms with Crippen LogP contribution in [0.5, 0.6) is 5.75 Å². The summed E-state index contributed by atoms with van der Waals surface area (Å²) in [6.45, 7) is 0. The molecule has 0 radical (unpaired) electrons. The molecule has 1 heterocycles. The first kappa shape index (κ1) is 21.0. The van der Waals surface area contributed by atoms with E-state index in [-0.39, 0.29) is 41.9 Å². The molecule has 32 heavy (non-hydrogen) atoms. The summed E-state index contributed by atoms with van der Waals surface area (Å²) in [7, 11) is 1.50. The topological polar surface area (TPSA) is 75.7 Å². The van der Waals surface area contributed by atoms with Gasteiger partial charge in [0.15, 0.2) is 0 Å². The summed E-state index contributed by atoms with van der Waals surface area (Å²) in [4.78, 5) is 41.6. The van der Waals surface area contributed by atoms with Gasteiger partial charge in [-0.25, -0.2) is 0 Å². The van der Waals surface area contributed by atoms with E-state index < -0.39 is 11.9 Å². The van der Waals surface area contributed by atoms with Gasteiger partial charge in [-0.1, -0.05) is 41.9 Å². The van der Waals surface area contributed by atoms with Crippen LogP contribution in [0.1, 0.15) is 24.8 Å². The molecule has 3 aliphatic rings. The van der Waals surface area contributed by atoms with Crippen molar-refractivity contribution in [2.75, 3.05) is 12.4 Å². The van der Waals surface area contributed by atoms with Crippen molar-refractivity contribution in [3.63, 3.8) is 0 Å². The summed E-state index contributed by atoms with van der Waals surface area (Å²) in [5, 5.41) is 3.29. The van der Waals surface area contributed by atoms with Gasteiger partial charge in [-0.2, -0.15) is 0 Å². The summed E-state index contributed by atoms with van der Waals surface area (Å²) >= 11 is 6.12. The van der Waals surface area contributed by atoms with Gasteiger partial charge in [0.2, 0.25) is 17.7 Å². The number of anilines is 1. The average molecular weight is 453 g/mol. The minimum atomic E-state index is -0.939. The van der Waals surface area contributed by atoms with Crippen molar-refractivity contribution < 1.29 is 19.1 Å². The molecule has 3 amide bonds. The number of rotatable bonds is 6. The lowest BCUT2D eigenvalue weighted by Crippen LogP contribution is -2.49. The highest BCUT2D eigenvalue weighted by Crippen LogP contribution is 2.56. The van der Waals surface area contributed by atoms with E-state index >= 15 is 0 Å². The Balaban J connectivity index is 1.47. The number of carbonyl (C=O) groups is 3. The molecule has 3 fully saturated rings. The van der Waals surface area contributed by atoms with E-state index in [1.54, 1.807) is 18.2 Å². The zero-order chi connectivity index (χ0) is 22.4. The average Bonchev–Trinajstić information content (AvgIpc) is 3.47. The second kappa shape index (κ2) is 8.24. The number of fused-ring (bicyclic) bond motifs is 5. The quantitative estimate of drug-likeness (QED) is 0.674. The van der Waals surface area contributed by atoms with Crippen molar-refractivity contribution in [2.45, 2.75) is 31.7 Å². The Hall–Kier alpha value is -2.86. The van der Waals surface area contributed by atoms with E-state index in [2.05, 4.69) is 5.32 Å². The minimum Gasteiger partial charge on any atom is -0.495 e. The monoisotopic (exact) mass is 452 g/mol. The maximum Gasteiger partial charge on any atom is 0.248 e. The van der Waals surface area contributed by atoms with Gasteiger partial charge in [0, 0.05) is 11.4 Å². The number of hydrogen-bond acceptors (Lipinski definition) is 4. The zero-order valence-corrected chi connectivity index (χ0v) is 18.5. The number of nitrogens with one attached hydrogen (secondary N) is 1. The van der Waals surface area contributed by atoms with Crippen LogP contribution in [0, 0.1) is 23.7 Å². The Morgan fingerprint density at radius 2 is 1.75 bits per heavy atom. The van der Waals surface area contributed by atoms with E-state index in [1.165, 1.54) is 12.0 Å². The number of likely N-dealkylation sites (tertiary alicyclic amines) is 1. The molecular formula is C25H25ClN2O4. The Kier molecular flexibility index (Phi) is 5.41. The van der Waals surface area contributed by atoms with E-state index in [0.29, 0.717) is 16.5 Å². The lowest BCUT2D eigenvalue weighted by molar-refractivity contribution is -0.147. The van der Waals surface area contributed by atoms with Crippen molar-refractivity contribution in [2.24, 2.45) is 23.7 Å². The smallest absolute Gasteiger partial charge is 0.248 e. The van der Waals surface area contributed by atoms with Crippen molar-refractivity contribution >= 4 is 35.0 Å². The molecule has 0 spiro atoms. The van der Waals surface area contributed by atoms with Gasteiger partial charge < -0.3 is 10.1 Å². The zero-order valence-electron chi connectivity index (χ0n) is 17.8. The molecule has 1 N–H and O–H groups in total. The number of amides is 3. The highest BCUT2D eigenvalue weighted by molar-refractivity contribution is 6.31. The third-order valence-corrected chi connectivity index (χ3v) is 7.50. The predicted molar refractivity (Wildman–Crippen MR) is 120 cm³/mol. The van der Waals surface area contributed by atoms with Gasteiger partial charge in [0.1, 0.15) is 11.8 Å². The van der Waals surface area contributed by atoms with E-state index in [4.69, 9.17) is 16.3 Å². The molecule has 0 unspecified atom stereocenters. The summed E-state index contributed by atoms with van der Waals surface area (Å²) in [6.07, 6.45) is 3.19. The number of carbonyl (C=O) groups excluding carboxylic acids is 3. The van der Waals surface area contributed by atoms with E-state index in [0.717, 1.165) is 24.8 Å². The number of benzene rings is 2. The van der Waals surface area contributed by atoms with Crippen molar-refractivity contribution in [3.05, 3.63) is 59.1 Å². The van der Waals surface area contributed by atoms with Crippen LogP contribution in [0.3, 0.4) is 0 Å². The van der Waals surface area contributed by atoms with Crippen LogP contribution in [0.4, 0.5) is 5.69 Å². The second-order valence-corrected chi connectivity index (χ2v) is 9.41. The van der Waals surface area contributed by atoms with Gasteiger partial charge in [-0.15, -0.1) is 0 Å². The van der Waals surface area contributed by atoms with Gasteiger partial charge in [-0.3, -0.25) is 19.3 Å². The maximum atomic E-state index is 13.5. The Morgan fingerprint density at radius 1 is 1.09 bits per heavy atom. The summed E-state index contributed by atoms with van der Waals surface area (Å²) in [5.41, 5.74) is 1.29. The molecule has 2 aromatic carbocycles. The normalized spacial score (nSPS) is 26.9. The van der Waals surface area contributed by atoms with Gasteiger partial charge in [0.25, 0.3) is 0 Å². The predicted octanol–water partition coefficient (Wildman–Crippen LogP) is 3.93. The lowest BCUT2D eigenvalue weighted by atomic mass is 9.81. The molecule has 0 aromatic heterocycles. The highest BCUT2D eigenvalue weighted by Gasteiger charge is 2.62. The van der Waals surface area contributed by atoms with Crippen LogP contribution in [0.15, 0.2) is 48.5 Å². The molecule has 2 saturated carbocycles. The van der Waals surface area contributed by atoms with Crippen LogP contribution in [0.2, 0.25) is 5.02 Å². The number of ether oxygens (including phenoxy) is 1. The van der Waals surface area contributed by atoms with Crippen LogP contribution >= 0.6 is 11.6 Å².